The van der Waals surface area contributed by atoms with E-state index in [2.05, 4.69) is 9.97 Å². The summed E-state index contributed by atoms with van der Waals surface area (Å²) in [6.07, 6.45) is 0. The first-order valence-corrected chi connectivity index (χ1v) is 5.34. The Balaban J connectivity index is 2.46. The van der Waals surface area contributed by atoms with E-state index in [-0.39, 0.29) is 5.78 Å². The van der Waals surface area contributed by atoms with Crippen LogP contribution < -0.4 is 0 Å². The second-order valence-electron chi connectivity index (χ2n) is 2.89. The van der Waals surface area contributed by atoms with Crippen LogP contribution in [0.2, 0.25) is 0 Å². The molecule has 0 amide bonds. The van der Waals surface area contributed by atoms with Crippen molar-refractivity contribution in [2.45, 2.75) is 6.92 Å². The number of aromatic nitrogens is 2. The standard InChI is InChI=1S/C9H8N2OS2/c1-5-7(11-9(13)10-5)8(12)6-3-2-4-14-6/h2-4H,1H3,(H2,10,11,13). The first kappa shape index (κ1) is 9.36. The topological polar surface area (TPSA) is 48.6 Å². The van der Waals surface area contributed by atoms with Gasteiger partial charge in [0.1, 0.15) is 5.69 Å². The van der Waals surface area contributed by atoms with Crippen molar-refractivity contribution < 1.29 is 4.79 Å². The fraction of sp³-hybridized carbons (Fsp3) is 0.111. The predicted molar refractivity (Wildman–Crippen MR) is 58.5 cm³/mol. The Morgan fingerprint density at radius 1 is 1.50 bits per heavy atom. The SMILES string of the molecule is Cc1[nH]c(=S)[nH]c1C(=O)c1cccs1. The zero-order valence-corrected chi connectivity index (χ0v) is 9.09. The number of ketones is 1. The summed E-state index contributed by atoms with van der Waals surface area (Å²) < 4.78 is 0.488. The average molecular weight is 224 g/mol. The van der Waals surface area contributed by atoms with Crippen LogP contribution in [0.4, 0.5) is 0 Å². The van der Waals surface area contributed by atoms with Gasteiger partial charge >= 0.3 is 0 Å². The fourth-order valence-corrected chi connectivity index (χ4v) is 2.15. The summed E-state index contributed by atoms with van der Waals surface area (Å²) in [7, 11) is 0. The highest BCUT2D eigenvalue weighted by Crippen LogP contribution is 2.15. The molecule has 72 valence electrons. The molecule has 2 aromatic rings. The molecular formula is C9H8N2OS2. The van der Waals surface area contributed by atoms with Crippen molar-refractivity contribution in [3.05, 3.63) is 38.5 Å². The van der Waals surface area contributed by atoms with Crippen molar-refractivity contribution in [1.29, 1.82) is 0 Å². The third-order valence-electron chi connectivity index (χ3n) is 1.89. The van der Waals surface area contributed by atoms with Crippen LogP contribution in [-0.2, 0) is 0 Å². The van der Waals surface area contributed by atoms with Crippen molar-refractivity contribution in [1.82, 2.24) is 9.97 Å². The zero-order valence-electron chi connectivity index (χ0n) is 7.46. The second-order valence-corrected chi connectivity index (χ2v) is 4.24. The molecule has 3 nitrogen and oxygen atoms in total. The highest BCUT2D eigenvalue weighted by Gasteiger charge is 2.14. The summed E-state index contributed by atoms with van der Waals surface area (Å²) >= 11 is 6.34. The van der Waals surface area contributed by atoms with Crippen molar-refractivity contribution in [2.24, 2.45) is 0 Å². The normalized spacial score (nSPS) is 10.4. The lowest BCUT2D eigenvalue weighted by Gasteiger charge is -1.94. The lowest BCUT2D eigenvalue weighted by atomic mass is 10.2. The smallest absolute Gasteiger partial charge is 0.220 e. The number of hydrogen-bond acceptors (Lipinski definition) is 3. The molecule has 0 unspecified atom stereocenters. The third-order valence-corrected chi connectivity index (χ3v) is 2.96. The minimum absolute atomic E-state index is 0.00940. The number of carbonyl (C=O) groups excluding carboxylic acids is 1. The number of thiophene rings is 1. The number of hydrogen-bond donors (Lipinski definition) is 2. The molecule has 2 rings (SSSR count). The quantitative estimate of drug-likeness (QED) is 0.608. The molecule has 2 N–H and O–H groups in total. The minimum Gasteiger partial charge on any atom is -0.334 e. The van der Waals surface area contributed by atoms with Crippen molar-refractivity contribution >= 4 is 29.3 Å². The Morgan fingerprint density at radius 2 is 2.29 bits per heavy atom. The van der Waals surface area contributed by atoms with Gasteiger partial charge in [0.25, 0.3) is 0 Å². The monoisotopic (exact) mass is 224 g/mol. The summed E-state index contributed by atoms with van der Waals surface area (Å²) in [5.74, 6) is -0.00940. The number of H-pyrrole nitrogens is 2. The molecule has 0 spiro atoms. The number of imidazole rings is 1. The maximum atomic E-state index is 11.9. The molecule has 0 fully saturated rings. The third kappa shape index (κ3) is 1.56. The molecule has 0 aliphatic carbocycles. The molecule has 0 saturated carbocycles. The molecule has 2 aromatic heterocycles. The Labute approximate surface area is 89.8 Å². The predicted octanol–water partition coefficient (Wildman–Crippen LogP) is 2.67. The van der Waals surface area contributed by atoms with Crippen LogP contribution in [0.15, 0.2) is 17.5 Å². The maximum Gasteiger partial charge on any atom is 0.220 e. The number of rotatable bonds is 2. The van der Waals surface area contributed by atoms with Gasteiger partial charge in [-0.15, -0.1) is 11.3 Å². The van der Waals surface area contributed by atoms with E-state index >= 15 is 0 Å². The lowest BCUT2D eigenvalue weighted by Crippen LogP contribution is -2.00. The van der Waals surface area contributed by atoms with Crippen LogP contribution in [0.3, 0.4) is 0 Å². The van der Waals surface area contributed by atoms with Crippen LogP contribution in [0.5, 0.6) is 0 Å². The Hall–Kier alpha value is -1.20. The van der Waals surface area contributed by atoms with Crippen molar-refractivity contribution in [3.63, 3.8) is 0 Å². The van der Waals surface area contributed by atoms with Gasteiger partial charge in [0.15, 0.2) is 4.77 Å². The Bertz CT molecular complexity index is 507. The van der Waals surface area contributed by atoms with Gasteiger partial charge in [-0.05, 0) is 30.6 Å². The van der Waals surface area contributed by atoms with Gasteiger partial charge in [-0.25, -0.2) is 0 Å². The van der Waals surface area contributed by atoms with Crippen LogP contribution in [-0.4, -0.2) is 15.8 Å². The maximum absolute atomic E-state index is 11.9. The van der Waals surface area contributed by atoms with Crippen molar-refractivity contribution in [3.8, 4) is 0 Å². The van der Waals surface area contributed by atoms with Gasteiger partial charge in [0, 0.05) is 5.69 Å². The summed E-state index contributed by atoms with van der Waals surface area (Å²) in [6.45, 7) is 1.83. The highest BCUT2D eigenvalue weighted by molar-refractivity contribution is 7.71. The zero-order chi connectivity index (χ0) is 10.1. The summed E-state index contributed by atoms with van der Waals surface area (Å²) in [4.78, 5) is 18.3. The van der Waals surface area contributed by atoms with Gasteiger partial charge < -0.3 is 9.97 Å². The molecule has 14 heavy (non-hydrogen) atoms. The van der Waals surface area contributed by atoms with Crippen LogP contribution in [0.1, 0.15) is 21.1 Å². The van der Waals surface area contributed by atoms with E-state index in [4.69, 9.17) is 12.2 Å². The molecular weight excluding hydrogens is 216 g/mol. The first-order valence-electron chi connectivity index (χ1n) is 4.05. The molecule has 0 aliphatic heterocycles. The Kier molecular flexibility index (Phi) is 2.35. The molecule has 0 aromatic carbocycles. The van der Waals surface area contributed by atoms with Gasteiger partial charge in [-0.3, -0.25) is 4.79 Å². The molecule has 0 saturated heterocycles. The summed E-state index contributed by atoms with van der Waals surface area (Å²) in [6, 6.07) is 3.66. The van der Waals surface area contributed by atoms with Crippen molar-refractivity contribution in [2.75, 3.05) is 0 Å². The van der Waals surface area contributed by atoms with Crippen LogP contribution in [0, 0.1) is 11.7 Å². The van der Waals surface area contributed by atoms with Gasteiger partial charge in [0.05, 0.1) is 4.88 Å². The molecule has 0 bridgehead atoms. The summed E-state index contributed by atoms with van der Waals surface area (Å²) in [5, 5.41) is 1.88. The molecule has 2 heterocycles. The van der Waals surface area contributed by atoms with Crippen LogP contribution in [0.25, 0.3) is 0 Å². The summed E-state index contributed by atoms with van der Waals surface area (Å²) in [5.41, 5.74) is 1.34. The molecule has 0 atom stereocenters. The number of carbonyl (C=O) groups is 1. The first-order chi connectivity index (χ1) is 6.68. The average Bonchev–Trinajstić information content (AvgIpc) is 2.73. The van der Waals surface area contributed by atoms with Crippen LogP contribution >= 0.6 is 23.6 Å². The Morgan fingerprint density at radius 3 is 2.79 bits per heavy atom. The van der Waals surface area contributed by atoms with E-state index in [1.54, 1.807) is 6.07 Å². The van der Waals surface area contributed by atoms with Gasteiger partial charge in [-0.2, -0.15) is 0 Å². The highest BCUT2D eigenvalue weighted by atomic mass is 32.1. The van der Waals surface area contributed by atoms with E-state index < -0.39 is 0 Å². The van der Waals surface area contributed by atoms with E-state index in [1.807, 2.05) is 18.4 Å². The largest absolute Gasteiger partial charge is 0.334 e. The number of nitrogens with one attached hydrogen (secondary N) is 2. The number of aryl methyl sites for hydroxylation is 1. The fourth-order valence-electron chi connectivity index (χ4n) is 1.23. The number of aromatic amines is 2. The van der Waals surface area contributed by atoms with Gasteiger partial charge in [-0.1, -0.05) is 6.07 Å². The lowest BCUT2D eigenvalue weighted by molar-refractivity contribution is 0.103. The van der Waals surface area contributed by atoms with E-state index in [9.17, 15) is 4.79 Å². The van der Waals surface area contributed by atoms with E-state index in [0.29, 0.717) is 10.5 Å². The molecule has 5 heteroatoms. The van der Waals surface area contributed by atoms with E-state index in [1.165, 1.54) is 11.3 Å². The minimum atomic E-state index is -0.00940. The molecule has 0 radical (unpaired) electrons. The molecule has 0 aliphatic rings. The second kappa shape index (κ2) is 3.51. The van der Waals surface area contributed by atoms with Gasteiger partial charge in [0.2, 0.25) is 5.78 Å². The van der Waals surface area contributed by atoms with E-state index in [0.717, 1.165) is 10.6 Å².